The van der Waals surface area contributed by atoms with E-state index in [1.165, 1.54) is 0 Å². The minimum Gasteiger partial charge on any atom is -0.395 e. The Morgan fingerprint density at radius 1 is 1.31 bits per heavy atom. The van der Waals surface area contributed by atoms with Crippen LogP contribution in [0.3, 0.4) is 0 Å². The Bertz CT molecular complexity index is 343. The van der Waals surface area contributed by atoms with Gasteiger partial charge in [0.1, 0.15) is 6.54 Å². The fourth-order valence-electron chi connectivity index (χ4n) is 1.31. The average Bonchev–Trinajstić information content (AvgIpc) is 2.15. The van der Waals surface area contributed by atoms with Crippen molar-refractivity contribution < 1.29 is 18.3 Å². The number of benzene rings is 1. The summed E-state index contributed by atoms with van der Waals surface area (Å²) >= 11 is 3.19. The molecule has 0 bridgehead atoms. The van der Waals surface area contributed by atoms with Crippen LogP contribution in [0.1, 0.15) is 0 Å². The van der Waals surface area contributed by atoms with E-state index < -0.39 is 12.7 Å². The summed E-state index contributed by atoms with van der Waals surface area (Å²) in [6, 6.07) is 6.54. The summed E-state index contributed by atoms with van der Waals surface area (Å²) in [5, 5.41) is 8.74. The lowest BCUT2D eigenvalue weighted by Crippen LogP contribution is -2.36. The predicted molar refractivity (Wildman–Crippen MR) is 59.5 cm³/mol. The molecule has 1 aromatic rings. The monoisotopic (exact) mass is 297 g/mol. The SMILES string of the molecule is OCCN(CC(F)(F)F)c1cccc(Br)c1. The van der Waals surface area contributed by atoms with E-state index in [2.05, 4.69) is 15.9 Å². The lowest BCUT2D eigenvalue weighted by Gasteiger charge is -2.25. The molecule has 0 spiro atoms. The summed E-state index contributed by atoms with van der Waals surface area (Å²) < 4.78 is 37.5. The van der Waals surface area contributed by atoms with Gasteiger partial charge in [-0.05, 0) is 18.2 Å². The molecule has 0 unspecified atom stereocenters. The highest BCUT2D eigenvalue weighted by molar-refractivity contribution is 9.10. The molecule has 0 amide bonds. The van der Waals surface area contributed by atoms with Crippen LogP contribution >= 0.6 is 15.9 Å². The van der Waals surface area contributed by atoms with Gasteiger partial charge in [0.15, 0.2) is 0 Å². The van der Waals surface area contributed by atoms with Gasteiger partial charge in [-0.15, -0.1) is 0 Å². The second-order valence-electron chi connectivity index (χ2n) is 3.24. The Balaban J connectivity index is 2.85. The Morgan fingerprint density at radius 2 is 2.00 bits per heavy atom. The molecule has 0 saturated heterocycles. The first-order chi connectivity index (χ1) is 7.42. The van der Waals surface area contributed by atoms with Crippen molar-refractivity contribution in [1.29, 1.82) is 0 Å². The quantitative estimate of drug-likeness (QED) is 0.924. The maximum atomic E-state index is 12.3. The van der Waals surface area contributed by atoms with E-state index >= 15 is 0 Å². The van der Waals surface area contributed by atoms with Crippen LogP contribution in [0.25, 0.3) is 0 Å². The maximum absolute atomic E-state index is 12.3. The molecule has 0 aliphatic carbocycles. The topological polar surface area (TPSA) is 23.5 Å². The van der Waals surface area contributed by atoms with Crippen LogP contribution in [-0.4, -0.2) is 31.0 Å². The van der Waals surface area contributed by atoms with Gasteiger partial charge in [-0.1, -0.05) is 22.0 Å². The van der Waals surface area contributed by atoms with Crippen molar-refractivity contribution in [2.24, 2.45) is 0 Å². The zero-order valence-corrected chi connectivity index (χ0v) is 9.92. The third-order valence-corrected chi connectivity index (χ3v) is 2.41. The number of aliphatic hydroxyl groups excluding tert-OH is 1. The van der Waals surface area contributed by atoms with Crippen molar-refractivity contribution in [3.8, 4) is 0 Å². The van der Waals surface area contributed by atoms with Gasteiger partial charge >= 0.3 is 6.18 Å². The molecule has 1 N–H and O–H groups in total. The lowest BCUT2D eigenvalue weighted by molar-refractivity contribution is -0.119. The second kappa shape index (κ2) is 5.54. The first-order valence-electron chi connectivity index (χ1n) is 4.60. The number of nitrogens with zero attached hydrogens (tertiary/aromatic N) is 1. The van der Waals surface area contributed by atoms with E-state index in [0.29, 0.717) is 10.2 Å². The summed E-state index contributed by atoms with van der Waals surface area (Å²) in [6.45, 7) is -1.43. The Hall–Kier alpha value is -0.750. The third-order valence-electron chi connectivity index (χ3n) is 1.91. The summed E-state index contributed by atoms with van der Waals surface area (Å²) in [7, 11) is 0. The highest BCUT2D eigenvalue weighted by atomic mass is 79.9. The van der Waals surface area contributed by atoms with Gasteiger partial charge < -0.3 is 10.0 Å². The van der Waals surface area contributed by atoms with Gasteiger partial charge in [0, 0.05) is 16.7 Å². The molecule has 1 rings (SSSR count). The zero-order chi connectivity index (χ0) is 12.2. The van der Waals surface area contributed by atoms with E-state index in [1.54, 1.807) is 24.3 Å². The van der Waals surface area contributed by atoms with Crippen LogP contribution in [0.4, 0.5) is 18.9 Å². The van der Waals surface area contributed by atoms with Crippen LogP contribution in [0.5, 0.6) is 0 Å². The van der Waals surface area contributed by atoms with Crippen molar-refractivity contribution in [3.05, 3.63) is 28.7 Å². The molecule has 0 atom stereocenters. The van der Waals surface area contributed by atoms with E-state index in [4.69, 9.17) is 5.11 Å². The molecule has 0 saturated carbocycles. The summed E-state index contributed by atoms with van der Waals surface area (Å²) in [5.74, 6) is 0. The first kappa shape index (κ1) is 13.3. The third kappa shape index (κ3) is 4.40. The molecule has 6 heteroatoms. The van der Waals surface area contributed by atoms with E-state index in [9.17, 15) is 13.2 Å². The first-order valence-corrected chi connectivity index (χ1v) is 5.40. The molecule has 16 heavy (non-hydrogen) atoms. The van der Waals surface area contributed by atoms with Crippen molar-refractivity contribution >= 4 is 21.6 Å². The summed E-state index contributed by atoms with van der Waals surface area (Å²) in [4.78, 5) is 1.09. The minimum atomic E-state index is -4.28. The number of hydrogen-bond acceptors (Lipinski definition) is 2. The van der Waals surface area contributed by atoms with Crippen LogP contribution in [-0.2, 0) is 0 Å². The normalized spacial score (nSPS) is 11.6. The Kier molecular flexibility index (Phi) is 4.61. The lowest BCUT2D eigenvalue weighted by atomic mass is 10.3. The van der Waals surface area contributed by atoms with Gasteiger partial charge in [0.2, 0.25) is 0 Å². The molecule has 90 valence electrons. The molecule has 0 radical (unpaired) electrons. The summed E-state index contributed by atoms with van der Waals surface area (Å²) in [5.41, 5.74) is 0.431. The number of anilines is 1. The Morgan fingerprint density at radius 3 is 2.50 bits per heavy atom. The maximum Gasteiger partial charge on any atom is 0.405 e. The van der Waals surface area contributed by atoms with Gasteiger partial charge in [-0.2, -0.15) is 13.2 Å². The molecule has 0 aliphatic rings. The number of alkyl halides is 3. The average molecular weight is 298 g/mol. The fourth-order valence-corrected chi connectivity index (χ4v) is 1.70. The standard InChI is InChI=1S/C10H11BrF3NO/c11-8-2-1-3-9(6-8)15(4-5-16)7-10(12,13)14/h1-3,6,16H,4-5,7H2. The molecule has 0 aromatic heterocycles. The van der Waals surface area contributed by atoms with Gasteiger partial charge in [-0.3, -0.25) is 0 Å². The van der Waals surface area contributed by atoms with Crippen molar-refractivity contribution in [2.45, 2.75) is 6.18 Å². The summed E-state index contributed by atoms with van der Waals surface area (Å²) in [6.07, 6.45) is -4.28. The van der Waals surface area contributed by atoms with Crippen molar-refractivity contribution in [3.63, 3.8) is 0 Å². The number of rotatable bonds is 4. The molecule has 0 aliphatic heterocycles. The van der Waals surface area contributed by atoms with Gasteiger partial charge in [-0.25, -0.2) is 0 Å². The van der Waals surface area contributed by atoms with Crippen LogP contribution in [0, 0.1) is 0 Å². The van der Waals surface area contributed by atoms with Crippen LogP contribution in [0.15, 0.2) is 28.7 Å². The van der Waals surface area contributed by atoms with Crippen molar-refractivity contribution in [1.82, 2.24) is 0 Å². The molecular formula is C10H11BrF3NO. The number of aliphatic hydroxyl groups is 1. The van der Waals surface area contributed by atoms with Crippen molar-refractivity contribution in [2.75, 3.05) is 24.6 Å². The van der Waals surface area contributed by atoms with Crippen LogP contribution in [0.2, 0.25) is 0 Å². The highest BCUT2D eigenvalue weighted by Gasteiger charge is 2.30. The molecular weight excluding hydrogens is 287 g/mol. The number of halogens is 4. The minimum absolute atomic E-state index is 0.0457. The van der Waals surface area contributed by atoms with Crippen LogP contribution < -0.4 is 4.90 Å². The largest absolute Gasteiger partial charge is 0.405 e. The Labute approximate surface area is 99.8 Å². The zero-order valence-electron chi connectivity index (χ0n) is 8.34. The fraction of sp³-hybridized carbons (Fsp3) is 0.400. The smallest absolute Gasteiger partial charge is 0.395 e. The van der Waals surface area contributed by atoms with Gasteiger partial charge in [0.25, 0.3) is 0 Å². The van der Waals surface area contributed by atoms with E-state index in [0.717, 1.165) is 4.90 Å². The van der Waals surface area contributed by atoms with E-state index in [1.807, 2.05) is 0 Å². The molecule has 0 fully saturated rings. The molecule has 0 heterocycles. The predicted octanol–water partition coefficient (Wildman–Crippen LogP) is 2.81. The molecule has 1 aromatic carbocycles. The second-order valence-corrected chi connectivity index (χ2v) is 4.16. The van der Waals surface area contributed by atoms with Gasteiger partial charge in [0.05, 0.1) is 6.61 Å². The highest BCUT2D eigenvalue weighted by Crippen LogP contribution is 2.24. The number of hydrogen-bond donors (Lipinski definition) is 1. The van der Waals surface area contributed by atoms with E-state index in [-0.39, 0.29) is 13.2 Å². The molecule has 2 nitrogen and oxygen atoms in total.